The molecule has 0 radical (unpaired) electrons. The zero-order valence-corrected chi connectivity index (χ0v) is 11.0. The molecule has 0 aromatic heterocycles. The summed E-state index contributed by atoms with van der Waals surface area (Å²) in [6.07, 6.45) is 7.37. The smallest absolute Gasteiger partial charge is 0.115 e. The molecular weight excluding hydrogens is 219 g/mol. The lowest BCUT2D eigenvalue weighted by Crippen LogP contribution is -2.22. The molecule has 0 bridgehead atoms. The molecule has 1 unspecified atom stereocenters. The minimum atomic E-state index is -0.435. The average Bonchev–Trinajstić information content (AvgIpc) is 2.31. The maximum absolute atomic E-state index is 11.7. The number of halogens is 1. The molecule has 0 fully saturated rings. The summed E-state index contributed by atoms with van der Waals surface area (Å²) in [5, 5.41) is 0. The normalized spacial score (nSPS) is 23.9. The summed E-state index contributed by atoms with van der Waals surface area (Å²) in [7, 11) is 0. The molecule has 0 aromatic rings. The van der Waals surface area contributed by atoms with E-state index in [1.807, 2.05) is 6.08 Å². The Kier molecular flexibility index (Phi) is 5.69. The van der Waals surface area contributed by atoms with Gasteiger partial charge >= 0.3 is 0 Å². The summed E-state index contributed by atoms with van der Waals surface area (Å²) >= 11 is 0. The Morgan fingerprint density at radius 1 is 1.35 bits per heavy atom. The molecule has 1 aliphatic carbocycles. The van der Waals surface area contributed by atoms with Crippen LogP contribution in [0.4, 0.5) is 4.39 Å². The fraction of sp³-hybridized carbons (Fsp3) is 0.714. The topological polar surface area (TPSA) is 18.5 Å². The van der Waals surface area contributed by atoms with E-state index in [-0.39, 0.29) is 12.0 Å². The first kappa shape index (κ1) is 14.2. The van der Waals surface area contributed by atoms with Crippen molar-refractivity contribution in [2.45, 2.75) is 27.2 Å². The van der Waals surface area contributed by atoms with Crippen molar-refractivity contribution >= 4 is 0 Å². The van der Waals surface area contributed by atoms with Crippen LogP contribution in [0.1, 0.15) is 27.2 Å². The van der Waals surface area contributed by atoms with Crippen LogP contribution in [-0.2, 0) is 9.47 Å². The molecule has 0 amide bonds. The molecule has 17 heavy (non-hydrogen) atoms. The van der Waals surface area contributed by atoms with Crippen LogP contribution >= 0.6 is 0 Å². The van der Waals surface area contributed by atoms with E-state index in [0.717, 1.165) is 12.2 Å². The van der Waals surface area contributed by atoms with Gasteiger partial charge in [-0.15, -0.1) is 0 Å². The van der Waals surface area contributed by atoms with Crippen LogP contribution in [0.2, 0.25) is 0 Å². The SMILES string of the molecule is CC(C)C1(C)C=CC(OCCOCCF)=CC1. The van der Waals surface area contributed by atoms with Crippen molar-refractivity contribution < 1.29 is 13.9 Å². The van der Waals surface area contributed by atoms with Gasteiger partial charge in [0.1, 0.15) is 19.0 Å². The minimum absolute atomic E-state index is 0.156. The average molecular weight is 242 g/mol. The van der Waals surface area contributed by atoms with E-state index >= 15 is 0 Å². The number of ether oxygens (including phenoxy) is 2. The fourth-order valence-electron chi connectivity index (χ4n) is 1.64. The van der Waals surface area contributed by atoms with E-state index in [9.17, 15) is 4.39 Å². The molecule has 1 rings (SSSR count). The van der Waals surface area contributed by atoms with Gasteiger partial charge in [0.25, 0.3) is 0 Å². The highest BCUT2D eigenvalue weighted by Gasteiger charge is 2.26. The zero-order valence-electron chi connectivity index (χ0n) is 11.0. The van der Waals surface area contributed by atoms with Gasteiger partial charge < -0.3 is 9.47 Å². The summed E-state index contributed by atoms with van der Waals surface area (Å²) < 4.78 is 22.3. The molecule has 0 saturated heterocycles. The van der Waals surface area contributed by atoms with Crippen LogP contribution in [0.3, 0.4) is 0 Å². The second-order valence-corrected chi connectivity index (χ2v) is 4.95. The summed E-state index contributed by atoms with van der Waals surface area (Å²) in [5.74, 6) is 1.51. The van der Waals surface area contributed by atoms with Crippen molar-refractivity contribution in [1.29, 1.82) is 0 Å². The van der Waals surface area contributed by atoms with Crippen LogP contribution in [0, 0.1) is 11.3 Å². The third-order valence-electron chi connectivity index (χ3n) is 3.41. The van der Waals surface area contributed by atoms with Crippen LogP contribution in [0.15, 0.2) is 24.0 Å². The highest BCUT2D eigenvalue weighted by molar-refractivity contribution is 5.22. The molecule has 0 aliphatic heterocycles. The number of rotatable bonds is 7. The maximum Gasteiger partial charge on any atom is 0.115 e. The van der Waals surface area contributed by atoms with E-state index in [2.05, 4.69) is 32.9 Å². The van der Waals surface area contributed by atoms with E-state index < -0.39 is 6.67 Å². The first-order chi connectivity index (χ1) is 8.08. The summed E-state index contributed by atoms with van der Waals surface area (Å²) in [4.78, 5) is 0. The van der Waals surface area contributed by atoms with Crippen molar-refractivity contribution in [2.24, 2.45) is 11.3 Å². The third kappa shape index (κ3) is 4.50. The number of hydrogen-bond acceptors (Lipinski definition) is 2. The lowest BCUT2D eigenvalue weighted by Gasteiger charge is -2.32. The van der Waals surface area contributed by atoms with Gasteiger partial charge in [0.15, 0.2) is 0 Å². The Morgan fingerprint density at radius 3 is 2.65 bits per heavy atom. The molecule has 1 aliphatic rings. The Hall–Kier alpha value is -0.830. The number of allylic oxidation sites excluding steroid dienone is 3. The summed E-state index contributed by atoms with van der Waals surface area (Å²) in [5.41, 5.74) is 0.234. The van der Waals surface area contributed by atoms with Crippen molar-refractivity contribution in [3.8, 4) is 0 Å². The maximum atomic E-state index is 11.7. The van der Waals surface area contributed by atoms with E-state index in [1.54, 1.807) is 0 Å². The fourth-order valence-corrected chi connectivity index (χ4v) is 1.64. The summed E-state index contributed by atoms with van der Waals surface area (Å²) in [6, 6.07) is 0. The molecule has 2 nitrogen and oxygen atoms in total. The van der Waals surface area contributed by atoms with Gasteiger partial charge in [0.05, 0.1) is 13.2 Å². The number of hydrogen-bond donors (Lipinski definition) is 0. The summed E-state index contributed by atoms with van der Waals surface area (Å²) in [6.45, 7) is 7.36. The lowest BCUT2D eigenvalue weighted by atomic mass is 9.74. The first-order valence-corrected chi connectivity index (χ1v) is 6.24. The van der Waals surface area contributed by atoms with Crippen LogP contribution in [0.5, 0.6) is 0 Å². The van der Waals surface area contributed by atoms with Crippen molar-refractivity contribution in [2.75, 3.05) is 26.5 Å². The molecule has 98 valence electrons. The first-order valence-electron chi connectivity index (χ1n) is 6.24. The predicted octanol–water partition coefficient (Wildman–Crippen LogP) is 3.50. The van der Waals surface area contributed by atoms with Gasteiger partial charge in [0.2, 0.25) is 0 Å². The van der Waals surface area contributed by atoms with Crippen molar-refractivity contribution in [3.63, 3.8) is 0 Å². The quantitative estimate of drug-likeness (QED) is 0.636. The van der Waals surface area contributed by atoms with Gasteiger partial charge in [-0.25, -0.2) is 4.39 Å². The standard InChI is InChI=1S/C14H23FO2/c1-12(2)14(3)6-4-13(5-7-14)17-11-10-16-9-8-15/h4-6,12H,7-11H2,1-3H3. The van der Waals surface area contributed by atoms with Crippen LogP contribution in [-0.4, -0.2) is 26.5 Å². The molecule has 3 heteroatoms. The Balaban J connectivity index is 2.26. The van der Waals surface area contributed by atoms with Crippen molar-refractivity contribution in [1.82, 2.24) is 0 Å². The lowest BCUT2D eigenvalue weighted by molar-refractivity contribution is 0.0699. The second-order valence-electron chi connectivity index (χ2n) is 4.95. The molecule has 0 spiro atoms. The molecule has 0 saturated carbocycles. The Labute approximate surface area is 103 Å². The largest absolute Gasteiger partial charge is 0.492 e. The Morgan fingerprint density at radius 2 is 2.12 bits per heavy atom. The highest BCUT2D eigenvalue weighted by Crippen LogP contribution is 2.36. The molecule has 0 N–H and O–H groups in total. The monoisotopic (exact) mass is 242 g/mol. The molecule has 1 atom stereocenters. The van der Waals surface area contributed by atoms with Crippen molar-refractivity contribution in [3.05, 3.63) is 24.0 Å². The second kappa shape index (κ2) is 6.80. The molecule has 0 heterocycles. The van der Waals surface area contributed by atoms with E-state index in [4.69, 9.17) is 9.47 Å². The Bertz CT molecular complexity index is 284. The highest BCUT2D eigenvalue weighted by atomic mass is 19.1. The minimum Gasteiger partial charge on any atom is -0.492 e. The van der Waals surface area contributed by atoms with Gasteiger partial charge in [-0.1, -0.05) is 26.8 Å². The van der Waals surface area contributed by atoms with Gasteiger partial charge in [0, 0.05) is 0 Å². The van der Waals surface area contributed by atoms with E-state index in [1.165, 1.54) is 0 Å². The van der Waals surface area contributed by atoms with Gasteiger partial charge in [-0.05, 0) is 29.9 Å². The number of alkyl halides is 1. The van der Waals surface area contributed by atoms with Crippen LogP contribution < -0.4 is 0 Å². The predicted molar refractivity (Wildman–Crippen MR) is 67.5 cm³/mol. The van der Waals surface area contributed by atoms with Gasteiger partial charge in [-0.3, -0.25) is 0 Å². The third-order valence-corrected chi connectivity index (χ3v) is 3.41. The van der Waals surface area contributed by atoms with Gasteiger partial charge in [-0.2, -0.15) is 0 Å². The molecule has 0 aromatic carbocycles. The molecular formula is C14H23FO2. The van der Waals surface area contributed by atoms with Crippen LogP contribution in [0.25, 0.3) is 0 Å². The zero-order chi connectivity index (χ0) is 12.7. The van der Waals surface area contributed by atoms with E-state index in [0.29, 0.717) is 19.1 Å².